The number of methoxy groups -OCH3 is 1. The maximum Gasteiger partial charge on any atom is 0.305 e. The van der Waals surface area contributed by atoms with Crippen molar-refractivity contribution in [2.75, 3.05) is 26.7 Å². The Balaban J connectivity index is 1.38. The quantitative estimate of drug-likeness (QED) is 0.758. The Bertz CT molecular complexity index is 698. The van der Waals surface area contributed by atoms with Gasteiger partial charge >= 0.3 is 5.97 Å². The molecule has 1 aliphatic carbocycles. The zero-order valence-corrected chi connectivity index (χ0v) is 16.9. The first-order valence-corrected chi connectivity index (χ1v) is 10.8. The highest BCUT2D eigenvalue weighted by Gasteiger charge is 2.44. The van der Waals surface area contributed by atoms with Crippen molar-refractivity contribution < 1.29 is 14.3 Å². The van der Waals surface area contributed by atoms with E-state index in [9.17, 15) is 9.59 Å². The highest BCUT2D eigenvalue weighted by atomic mass is 16.5. The molecule has 0 bridgehead atoms. The Morgan fingerprint density at radius 1 is 1.14 bits per heavy atom. The fourth-order valence-electron chi connectivity index (χ4n) is 5.46. The number of aromatic nitrogens is 2. The van der Waals surface area contributed by atoms with Crippen molar-refractivity contribution in [3.63, 3.8) is 0 Å². The molecule has 3 aliphatic rings. The molecule has 0 aromatic carbocycles. The molecule has 2 atom stereocenters. The van der Waals surface area contributed by atoms with Crippen molar-refractivity contribution in [2.45, 2.75) is 75.8 Å². The van der Waals surface area contributed by atoms with Gasteiger partial charge in [0, 0.05) is 37.5 Å². The topological polar surface area (TPSA) is 78.5 Å². The van der Waals surface area contributed by atoms with Crippen molar-refractivity contribution in [3.8, 4) is 0 Å². The molecule has 0 radical (unpaired) electrons. The number of nitrogens with zero attached hydrogens (tertiary/aromatic N) is 3. The van der Waals surface area contributed by atoms with Crippen LogP contribution in [0, 0.1) is 0 Å². The number of nitrogens with one attached hydrogen (secondary N) is 1. The molecule has 1 amide bonds. The number of hydrogen-bond donors (Lipinski definition) is 1. The summed E-state index contributed by atoms with van der Waals surface area (Å²) in [6, 6.07) is 0.714. The molecule has 1 aromatic heterocycles. The van der Waals surface area contributed by atoms with Gasteiger partial charge in [-0.3, -0.25) is 19.6 Å². The number of ether oxygens (including phenoxy) is 1. The van der Waals surface area contributed by atoms with Crippen molar-refractivity contribution in [1.82, 2.24) is 20.0 Å². The lowest BCUT2D eigenvalue weighted by Gasteiger charge is -2.27. The largest absolute Gasteiger partial charge is 0.469 e. The summed E-state index contributed by atoms with van der Waals surface area (Å²) in [6.45, 7) is 2.72. The zero-order chi connectivity index (χ0) is 19.5. The van der Waals surface area contributed by atoms with Crippen LogP contribution in [-0.4, -0.2) is 70.7 Å². The Kier molecular flexibility index (Phi) is 5.99. The van der Waals surface area contributed by atoms with Gasteiger partial charge in [0.1, 0.15) is 0 Å². The molecule has 3 fully saturated rings. The fraction of sp³-hybridized carbons (Fsp3) is 0.762. The number of likely N-dealkylation sites (tertiary alicyclic amines) is 2. The van der Waals surface area contributed by atoms with E-state index in [0.717, 1.165) is 63.0 Å². The van der Waals surface area contributed by atoms with Crippen molar-refractivity contribution >= 4 is 11.9 Å². The molecule has 4 rings (SSSR count). The minimum absolute atomic E-state index is 0.144. The number of aromatic amines is 1. The van der Waals surface area contributed by atoms with Crippen LogP contribution in [0.3, 0.4) is 0 Å². The van der Waals surface area contributed by atoms with Crippen LogP contribution in [0.15, 0.2) is 6.20 Å². The van der Waals surface area contributed by atoms with Crippen LogP contribution in [0.2, 0.25) is 0 Å². The molecule has 28 heavy (non-hydrogen) atoms. The molecule has 0 unspecified atom stereocenters. The molecule has 2 aliphatic heterocycles. The average Bonchev–Trinajstić information content (AvgIpc) is 3.45. The number of amides is 1. The van der Waals surface area contributed by atoms with E-state index in [0.29, 0.717) is 24.4 Å². The fourth-order valence-corrected chi connectivity index (χ4v) is 5.46. The molecular formula is C21H32N4O3. The predicted octanol–water partition coefficient (Wildman–Crippen LogP) is 2.70. The van der Waals surface area contributed by atoms with Gasteiger partial charge in [0.2, 0.25) is 0 Å². The summed E-state index contributed by atoms with van der Waals surface area (Å²) >= 11 is 0. The third kappa shape index (κ3) is 3.81. The summed E-state index contributed by atoms with van der Waals surface area (Å²) in [6.07, 6.45) is 11.2. The van der Waals surface area contributed by atoms with Gasteiger partial charge in [-0.25, -0.2) is 0 Å². The van der Waals surface area contributed by atoms with Gasteiger partial charge in [-0.2, -0.15) is 5.10 Å². The minimum atomic E-state index is -0.144. The van der Waals surface area contributed by atoms with Gasteiger partial charge in [-0.15, -0.1) is 0 Å². The van der Waals surface area contributed by atoms with Gasteiger partial charge in [0.15, 0.2) is 0 Å². The molecular weight excluding hydrogens is 356 g/mol. The highest BCUT2D eigenvalue weighted by Crippen LogP contribution is 2.36. The maximum atomic E-state index is 13.3. The van der Waals surface area contributed by atoms with Crippen molar-refractivity contribution in [2.24, 2.45) is 0 Å². The highest BCUT2D eigenvalue weighted by molar-refractivity contribution is 5.95. The standard InChI is InChI=1S/C21H32N4O3/c1-28-19(26)8-5-11-24-12-9-18-17(24)10-13-25(18)21(27)16-14-22-23-20(16)15-6-3-2-4-7-15/h14-15,17-18H,2-13H2,1H3,(H,22,23)/t17-,18-/m0/s1. The third-order valence-corrected chi connectivity index (χ3v) is 6.92. The number of fused-ring (bicyclic) bond motifs is 1. The lowest BCUT2D eigenvalue weighted by atomic mass is 9.85. The molecule has 2 saturated heterocycles. The summed E-state index contributed by atoms with van der Waals surface area (Å²) < 4.78 is 4.73. The number of esters is 1. The Labute approximate surface area is 166 Å². The van der Waals surface area contributed by atoms with Crippen LogP contribution >= 0.6 is 0 Å². The van der Waals surface area contributed by atoms with Gasteiger partial charge in [0.25, 0.3) is 5.91 Å². The normalized spacial score (nSPS) is 25.8. The van der Waals surface area contributed by atoms with E-state index in [1.807, 2.05) is 0 Å². The summed E-state index contributed by atoms with van der Waals surface area (Å²) in [7, 11) is 1.44. The zero-order valence-electron chi connectivity index (χ0n) is 16.9. The van der Waals surface area contributed by atoms with Gasteiger partial charge in [-0.05, 0) is 38.6 Å². The number of hydrogen-bond acceptors (Lipinski definition) is 5. The van der Waals surface area contributed by atoms with E-state index < -0.39 is 0 Å². The van der Waals surface area contributed by atoms with Crippen LogP contribution in [0.25, 0.3) is 0 Å². The van der Waals surface area contributed by atoms with Crippen molar-refractivity contribution in [1.29, 1.82) is 0 Å². The Morgan fingerprint density at radius 3 is 2.71 bits per heavy atom. The number of rotatable bonds is 6. The molecule has 7 heteroatoms. The van der Waals surface area contributed by atoms with E-state index in [4.69, 9.17) is 4.74 Å². The molecule has 7 nitrogen and oxygen atoms in total. The molecule has 3 heterocycles. The average molecular weight is 389 g/mol. The van der Waals surface area contributed by atoms with E-state index >= 15 is 0 Å². The van der Waals surface area contributed by atoms with Crippen molar-refractivity contribution in [3.05, 3.63) is 17.5 Å². The first kappa shape index (κ1) is 19.4. The van der Waals surface area contributed by atoms with Crippen LogP contribution in [0.5, 0.6) is 0 Å². The van der Waals surface area contributed by atoms with E-state index in [2.05, 4.69) is 20.0 Å². The van der Waals surface area contributed by atoms with Crippen LogP contribution in [-0.2, 0) is 9.53 Å². The number of H-pyrrole nitrogens is 1. The SMILES string of the molecule is COC(=O)CCCN1CC[C@H]2[C@@H]1CCN2C(=O)c1cn[nH]c1C1CCCCC1. The number of carbonyl (C=O) groups is 2. The van der Waals surface area contributed by atoms with Crippen LogP contribution in [0.4, 0.5) is 0 Å². The van der Waals surface area contributed by atoms with Gasteiger partial charge in [0.05, 0.1) is 24.6 Å². The smallest absolute Gasteiger partial charge is 0.305 e. The van der Waals surface area contributed by atoms with Gasteiger partial charge < -0.3 is 9.64 Å². The lowest BCUT2D eigenvalue weighted by Crippen LogP contribution is -2.40. The molecule has 1 N–H and O–H groups in total. The number of carbonyl (C=O) groups excluding carboxylic acids is 2. The summed E-state index contributed by atoms with van der Waals surface area (Å²) in [5.74, 6) is 0.458. The summed E-state index contributed by atoms with van der Waals surface area (Å²) in [5, 5.41) is 7.37. The second-order valence-electron chi connectivity index (χ2n) is 8.46. The first-order chi connectivity index (χ1) is 13.7. The molecule has 0 spiro atoms. The summed E-state index contributed by atoms with van der Waals surface area (Å²) in [5.41, 5.74) is 1.85. The third-order valence-electron chi connectivity index (χ3n) is 6.92. The monoisotopic (exact) mass is 388 g/mol. The lowest BCUT2D eigenvalue weighted by molar-refractivity contribution is -0.140. The molecule has 1 aromatic rings. The van der Waals surface area contributed by atoms with E-state index in [1.165, 1.54) is 26.4 Å². The minimum Gasteiger partial charge on any atom is -0.469 e. The predicted molar refractivity (Wildman–Crippen MR) is 105 cm³/mol. The maximum absolute atomic E-state index is 13.3. The summed E-state index contributed by atoms with van der Waals surface area (Å²) in [4.78, 5) is 29.2. The second-order valence-corrected chi connectivity index (χ2v) is 8.46. The Hall–Kier alpha value is -1.89. The Morgan fingerprint density at radius 2 is 1.93 bits per heavy atom. The van der Waals surface area contributed by atoms with E-state index in [1.54, 1.807) is 6.20 Å². The van der Waals surface area contributed by atoms with Crippen LogP contribution in [0.1, 0.15) is 79.8 Å². The van der Waals surface area contributed by atoms with E-state index in [-0.39, 0.29) is 11.9 Å². The first-order valence-electron chi connectivity index (χ1n) is 10.8. The molecule has 154 valence electrons. The van der Waals surface area contributed by atoms with Crippen LogP contribution < -0.4 is 0 Å². The second kappa shape index (κ2) is 8.64. The van der Waals surface area contributed by atoms with Gasteiger partial charge in [-0.1, -0.05) is 19.3 Å². The molecule has 1 saturated carbocycles.